The topological polar surface area (TPSA) is 159 Å². The second kappa shape index (κ2) is 12.4. The zero-order valence-electron chi connectivity index (χ0n) is 20.3. The highest BCUT2D eigenvalue weighted by atomic mass is 16.4. The van der Waals surface area contributed by atoms with Gasteiger partial charge in [-0.25, -0.2) is 14.6 Å². The van der Waals surface area contributed by atoms with E-state index >= 15 is 0 Å². The first kappa shape index (κ1) is 27.1. The molecular formula is C26H28N4O7. The summed E-state index contributed by atoms with van der Waals surface area (Å²) < 4.78 is 1.80. The van der Waals surface area contributed by atoms with Crippen molar-refractivity contribution in [3.63, 3.8) is 0 Å². The summed E-state index contributed by atoms with van der Waals surface area (Å²) in [6.45, 7) is 0.672. The largest absolute Gasteiger partial charge is 0.478 e. The van der Waals surface area contributed by atoms with Crippen LogP contribution in [0.2, 0.25) is 0 Å². The summed E-state index contributed by atoms with van der Waals surface area (Å²) in [6, 6.07) is 3.37. The van der Waals surface area contributed by atoms with E-state index in [9.17, 15) is 24.0 Å². The third-order valence-corrected chi connectivity index (χ3v) is 5.84. The minimum atomic E-state index is -1.10. The minimum absolute atomic E-state index is 0.121. The van der Waals surface area contributed by atoms with Crippen molar-refractivity contribution in [1.29, 1.82) is 0 Å². The maximum Gasteiger partial charge on any atom is 0.328 e. The number of rotatable bonds is 13. The molecule has 0 saturated heterocycles. The molecule has 0 saturated carbocycles. The number of aromatic nitrogens is 2. The fourth-order valence-corrected chi connectivity index (χ4v) is 4.01. The summed E-state index contributed by atoms with van der Waals surface area (Å²) in [6.07, 6.45) is 10.1. The molecule has 11 nitrogen and oxygen atoms in total. The van der Waals surface area contributed by atoms with Gasteiger partial charge in [0.05, 0.1) is 11.0 Å². The Kier molecular flexibility index (Phi) is 9.09. The van der Waals surface area contributed by atoms with Gasteiger partial charge in [-0.15, -0.1) is 0 Å². The first-order valence-electron chi connectivity index (χ1n) is 11.8. The van der Waals surface area contributed by atoms with E-state index in [0.29, 0.717) is 73.2 Å². The molecule has 0 aliphatic carbocycles. The van der Waals surface area contributed by atoms with Crippen molar-refractivity contribution in [3.8, 4) is 0 Å². The van der Waals surface area contributed by atoms with Crippen molar-refractivity contribution < 1.29 is 34.2 Å². The second-order valence-corrected chi connectivity index (χ2v) is 8.44. The smallest absolute Gasteiger partial charge is 0.328 e. The standard InChI is InChI=1S/C26H28N4O7/c1-29-19(14-15-27-20(31)5-3-2-4-16-30-21(32)10-11-22(30)33)28-25-17(8-12-23(34)35)6-7-18(26(25)29)9-13-24(36)37/h6-13H,2-5,14-16H2,1H3,(H,27,31)(H,34,35)(H,36,37)/b12-8+,13-9+. The van der Waals surface area contributed by atoms with Crippen LogP contribution >= 0.6 is 0 Å². The van der Waals surface area contributed by atoms with Crippen molar-refractivity contribution in [2.24, 2.45) is 7.05 Å². The number of benzene rings is 1. The number of imidazole rings is 1. The van der Waals surface area contributed by atoms with Crippen molar-refractivity contribution in [1.82, 2.24) is 19.8 Å². The first-order valence-corrected chi connectivity index (χ1v) is 11.8. The number of nitrogens with one attached hydrogen (secondary N) is 1. The molecule has 0 atom stereocenters. The number of unbranched alkanes of at least 4 members (excludes halogenated alkanes) is 2. The highest BCUT2D eigenvalue weighted by molar-refractivity contribution is 6.12. The summed E-state index contributed by atoms with van der Waals surface area (Å²) >= 11 is 0. The van der Waals surface area contributed by atoms with E-state index in [2.05, 4.69) is 10.3 Å². The number of carboxylic acids is 2. The van der Waals surface area contributed by atoms with Crippen LogP contribution in [0.5, 0.6) is 0 Å². The van der Waals surface area contributed by atoms with Gasteiger partial charge in [0.25, 0.3) is 11.8 Å². The number of nitrogens with zero attached hydrogens (tertiary/aromatic N) is 3. The van der Waals surface area contributed by atoms with Gasteiger partial charge in [-0.2, -0.15) is 0 Å². The van der Waals surface area contributed by atoms with Crippen LogP contribution in [0.25, 0.3) is 23.2 Å². The molecule has 0 spiro atoms. The minimum Gasteiger partial charge on any atom is -0.478 e. The Morgan fingerprint density at radius 1 is 0.946 bits per heavy atom. The molecule has 1 aromatic carbocycles. The summed E-state index contributed by atoms with van der Waals surface area (Å²) in [5.41, 5.74) is 2.36. The summed E-state index contributed by atoms with van der Waals surface area (Å²) in [7, 11) is 1.78. The fourth-order valence-electron chi connectivity index (χ4n) is 4.01. The van der Waals surface area contributed by atoms with E-state index in [4.69, 9.17) is 10.2 Å². The average Bonchev–Trinajstić information content (AvgIpc) is 3.35. The van der Waals surface area contributed by atoms with Crippen LogP contribution in [0.15, 0.2) is 36.4 Å². The molecule has 2 heterocycles. The van der Waals surface area contributed by atoms with E-state index in [1.165, 1.54) is 29.2 Å². The maximum atomic E-state index is 12.2. The molecule has 0 fully saturated rings. The maximum absolute atomic E-state index is 12.2. The van der Waals surface area contributed by atoms with Crippen LogP contribution in [-0.4, -0.2) is 67.4 Å². The van der Waals surface area contributed by atoms with Crippen LogP contribution < -0.4 is 5.32 Å². The third kappa shape index (κ3) is 7.23. The van der Waals surface area contributed by atoms with E-state index in [-0.39, 0.29) is 17.7 Å². The van der Waals surface area contributed by atoms with Crippen LogP contribution in [0.1, 0.15) is 42.6 Å². The van der Waals surface area contributed by atoms with Gasteiger partial charge in [-0.1, -0.05) is 18.6 Å². The Labute approximate surface area is 212 Å². The number of amides is 3. The van der Waals surface area contributed by atoms with Gasteiger partial charge in [0, 0.05) is 68.4 Å². The van der Waals surface area contributed by atoms with Crippen molar-refractivity contribution in [2.45, 2.75) is 32.1 Å². The Hall–Kier alpha value is -4.54. The summed E-state index contributed by atoms with van der Waals surface area (Å²) in [4.78, 5) is 63.0. The molecular weight excluding hydrogens is 480 g/mol. The van der Waals surface area contributed by atoms with E-state index in [1.54, 1.807) is 23.7 Å². The molecule has 1 aromatic heterocycles. The summed E-state index contributed by atoms with van der Waals surface area (Å²) in [5.74, 6) is -2.28. The van der Waals surface area contributed by atoms with Crippen LogP contribution in [0.4, 0.5) is 0 Å². The molecule has 3 N–H and O–H groups in total. The number of hydrogen-bond donors (Lipinski definition) is 3. The molecule has 11 heteroatoms. The molecule has 194 valence electrons. The van der Waals surface area contributed by atoms with Gasteiger partial charge < -0.3 is 20.1 Å². The van der Waals surface area contributed by atoms with Crippen molar-refractivity contribution in [3.05, 3.63) is 53.4 Å². The average molecular weight is 509 g/mol. The van der Waals surface area contributed by atoms with Crippen LogP contribution in [-0.2, 0) is 37.4 Å². The van der Waals surface area contributed by atoms with Gasteiger partial charge in [0.2, 0.25) is 5.91 Å². The molecule has 0 radical (unpaired) electrons. The van der Waals surface area contributed by atoms with E-state index in [0.717, 1.165) is 12.2 Å². The Bertz CT molecular complexity index is 1300. The lowest BCUT2D eigenvalue weighted by atomic mass is 10.1. The van der Waals surface area contributed by atoms with Crippen molar-refractivity contribution >= 4 is 52.8 Å². The number of imide groups is 1. The lowest BCUT2D eigenvalue weighted by Crippen LogP contribution is -2.30. The number of carboxylic acid groups (broad SMARTS) is 2. The zero-order chi connectivity index (χ0) is 26.9. The fraction of sp³-hybridized carbons (Fsp3) is 0.308. The molecule has 37 heavy (non-hydrogen) atoms. The number of carbonyl (C=O) groups is 5. The molecule has 1 aliphatic rings. The van der Waals surface area contributed by atoms with Crippen LogP contribution in [0, 0.1) is 0 Å². The molecule has 1 aliphatic heterocycles. The predicted molar refractivity (Wildman–Crippen MR) is 135 cm³/mol. The number of fused-ring (bicyclic) bond motifs is 1. The highest BCUT2D eigenvalue weighted by Crippen LogP contribution is 2.26. The van der Waals surface area contributed by atoms with Gasteiger partial charge in [-0.3, -0.25) is 19.3 Å². The number of aryl methyl sites for hydroxylation is 1. The Balaban J connectivity index is 1.57. The van der Waals surface area contributed by atoms with E-state index < -0.39 is 11.9 Å². The summed E-state index contributed by atoms with van der Waals surface area (Å²) in [5, 5.41) is 20.8. The SMILES string of the molecule is Cn1c(CCNC(=O)CCCCCN2C(=O)C=CC2=O)nc2c(/C=C/C(=O)O)ccc(/C=C/C(=O)O)c21. The lowest BCUT2D eigenvalue weighted by Gasteiger charge is -2.13. The van der Waals surface area contributed by atoms with Gasteiger partial charge in [0.15, 0.2) is 0 Å². The predicted octanol–water partition coefficient (Wildman–Crippen LogP) is 1.91. The monoisotopic (exact) mass is 508 g/mol. The lowest BCUT2D eigenvalue weighted by molar-refractivity contribution is -0.137. The zero-order valence-corrected chi connectivity index (χ0v) is 20.3. The quantitative estimate of drug-likeness (QED) is 0.210. The molecule has 0 bridgehead atoms. The second-order valence-electron chi connectivity index (χ2n) is 8.44. The Morgan fingerprint density at radius 3 is 2.22 bits per heavy atom. The number of carbonyl (C=O) groups excluding carboxylic acids is 3. The Morgan fingerprint density at radius 2 is 1.57 bits per heavy atom. The molecule has 3 amide bonds. The van der Waals surface area contributed by atoms with Crippen LogP contribution in [0.3, 0.4) is 0 Å². The molecule has 0 unspecified atom stereocenters. The molecule has 3 rings (SSSR count). The first-order chi connectivity index (χ1) is 17.7. The van der Waals surface area contributed by atoms with Gasteiger partial charge in [-0.05, 0) is 25.0 Å². The molecule has 2 aromatic rings. The van der Waals surface area contributed by atoms with E-state index in [1.807, 2.05) is 0 Å². The number of hydrogen-bond acceptors (Lipinski definition) is 6. The van der Waals surface area contributed by atoms with Crippen molar-refractivity contribution in [2.75, 3.05) is 13.1 Å². The normalized spacial score (nSPS) is 13.5. The number of aliphatic carboxylic acids is 2. The van der Waals surface area contributed by atoms with Gasteiger partial charge >= 0.3 is 11.9 Å². The third-order valence-electron chi connectivity index (χ3n) is 5.84. The van der Waals surface area contributed by atoms with Gasteiger partial charge in [0.1, 0.15) is 5.82 Å². The highest BCUT2D eigenvalue weighted by Gasteiger charge is 2.22.